The minimum atomic E-state index is -0.494. The first-order chi connectivity index (χ1) is 10.1. The predicted octanol–water partition coefficient (Wildman–Crippen LogP) is 2.01. The fourth-order valence-electron chi connectivity index (χ4n) is 2.98. The molecule has 1 aliphatic heterocycles. The van der Waals surface area contributed by atoms with Crippen molar-refractivity contribution in [3.8, 4) is 6.07 Å². The fraction of sp³-hybridized carbons (Fsp3) is 0.588. The Bertz CT molecular complexity index is 472. The van der Waals surface area contributed by atoms with Crippen LogP contribution in [0.2, 0.25) is 0 Å². The molecule has 1 unspecified atom stereocenters. The number of likely N-dealkylation sites (tertiary alicyclic amines) is 1. The second kappa shape index (κ2) is 7.56. The number of rotatable bonds is 5. The van der Waals surface area contributed by atoms with Crippen molar-refractivity contribution >= 4 is 0 Å². The van der Waals surface area contributed by atoms with E-state index in [1.165, 1.54) is 12.8 Å². The van der Waals surface area contributed by atoms with E-state index in [-0.39, 0.29) is 0 Å². The lowest BCUT2D eigenvalue weighted by molar-refractivity contribution is 0.0748. The molecular weight excluding hydrogens is 262 g/mol. The van der Waals surface area contributed by atoms with Crippen molar-refractivity contribution in [3.63, 3.8) is 0 Å². The van der Waals surface area contributed by atoms with Crippen LogP contribution in [0, 0.1) is 11.3 Å². The molecule has 0 aromatic heterocycles. The van der Waals surface area contributed by atoms with Crippen LogP contribution in [0.3, 0.4) is 0 Å². The SMILES string of the molecule is CCN1CCC(N(C)CC(O)c2ccc(C#N)cc2)CC1. The third-order valence-corrected chi connectivity index (χ3v) is 4.51. The molecule has 0 saturated carbocycles. The summed E-state index contributed by atoms with van der Waals surface area (Å²) in [5.74, 6) is 0. The highest BCUT2D eigenvalue weighted by molar-refractivity contribution is 5.32. The van der Waals surface area contributed by atoms with Gasteiger partial charge in [-0.15, -0.1) is 0 Å². The second-order valence-electron chi connectivity index (χ2n) is 5.85. The van der Waals surface area contributed by atoms with Crippen LogP contribution in [-0.4, -0.2) is 54.2 Å². The summed E-state index contributed by atoms with van der Waals surface area (Å²) in [5, 5.41) is 19.1. The average Bonchev–Trinajstić information content (AvgIpc) is 2.55. The molecular formula is C17H25N3O. The lowest BCUT2D eigenvalue weighted by Crippen LogP contribution is -2.44. The molecule has 4 nitrogen and oxygen atoms in total. The van der Waals surface area contributed by atoms with E-state index in [2.05, 4.69) is 29.8 Å². The summed E-state index contributed by atoms with van der Waals surface area (Å²) in [6.45, 7) is 6.28. The van der Waals surface area contributed by atoms with Crippen LogP contribution in [0.25, 0.3) is 0 Å². The lowest BCUT2D eigenvalue weighted by Gasteiger charge is -2.37. The number of benzene rings is 1. The molecule has 1 aromatic carbocycles. The van der Waals surface area contributed by atoms with Crippen molar-refractivity contribution < 1.29 is 5.11 Å². The van der Waals surface area contributed by atoms with Gasteiger partial charge in [0.2, 0.25) is 0 Å². The Labute approximate surface area is 127 Å². The van der Waals surface area contributed by atoms with E-state index < -0.39 is 6.10 Å². The average molecular weight is 287 g/mol. The monoisotopic (exact) mass is 287 g/mol. The molecule has 1 aliphatic rings. The summed E-state index contributed by atoms with van der Waals surface area (Å²) >= 11 is 0. The normalized spacial score (nSPS) is 18.6. The zero-order valence-corrected chi connectivity index (χ0v) is 13.0. The molecule has 1 saturated heterocycles. The molecule has 1 heterocycles. The highest BCUT2D eigenvalue weighted by Crippen LogP contribution is 2.20. The standard InChI is InChI=1S/C17H25N3O/c1-3-20-10-8-16(9-11-20)19(2)13-17(21)15-6-4-14(12-18)5-7-15/h4-7,16-17,21H,3,8-11,13H2,1-2H3. The van der Waals surface area contributed by atoms with E-state index in [0.29, 0.717) is 18.2 Å². The molecule has 0 bridgehead atoms. The Morgan fingerprint density at radius 3 is 2.48 bits per heavy atom. The third-order valence-electron chi connectivity index (χ3n) is 4.51. The first-order valence-electron chi connectivity index (χ1n) is 7.74. The summed E-state index contributed by atoms with van der Waals surface area (Å²) in [6, 6.07) is 9.87. The molecule has 4 heteroatoms. The maximum Gasteiger partial charge on any atom is 0.0991 e. The van der Waals surface area contributed by atoms with Crippen molar-refractivity contribution in [3.05, 3.63) is 35.4 Å². The highest BCUT2D eigenvalue weighted by Gasteiger charge is 2.23. The van der Waals surface area contributed by atoms with E-state index in [9.17, 15) is 5.11 Å². The van der Waals surface area contributed by atoms with Crippen LogP contribution in [0.1, 0.15) is 37.0 Å². The summed E-state index contributed by atoms with van der Waals surface area (Å²) in [7, 11) is 2.10. The van der Waals surface area contributed by atoms with E-state index in [0.717, 1.165) is 25.2 Å². The largest absolute Gasteiger partial charge is 0.387 e. The predicted molar refractivity (Wildman–Crippen MR) is 83.9 cm³/mol. The van der Waals surface area contributed by atoms with Crippen LogP contribution < -0.4 is 0 Å². The Hall–Kier alpha value is -1.41. The molecule has 0 aliphatic carbocycles. The highest BCUT2D eigenvalue weighted by atomic mass is 16.3. The Morgan fingerprint density at radius 2 is 1.95 bits per heavy atom. The van der Waals surface area contributed by atoms with Crippen molar-refractivity contribution in [1.29, 1.82) is 5.26 Å². The minimum absolute atomic E-state index is 0.494. The van der Waals surface area contributed by atoms with Crippen LogP contribution in [0.5, 0.6) is 0 Å². The molecule has 114 valence electrons. The summed E-state index contributed by atoms with van der Waals surface area (Å²) in [6.07, 6.45) is 1.85. The number of piperidine rings is 1. The zero-order chi connectivity index (χ0) is 15.2. The van der Waals surface area contributed by atoms with Gasteiger partial charge in [0.25, 0.3) is 0 Å². The summed E-state index contributed by atoms with van der Waals surface area (Å²) in [5.41, 5.74) is 1.51. The van der Waals surface area contributed by atoms with Crippen molar-refractivity contribution in [1.82, 2.24) is 9.80 Å². The van der Waals surface area contributed by atoms with Gasteiger partial charge >= 0.3 is 0 Å². The van der Waals surface area contributed by atoms with Crippen molar-refractivity contribution in [2.24, 2.45) is 0 Å². The van der Waals surface area contributed by atoms with Gasteiger partial charge in [-0.3, -0.25) is 0 Å². The number of likely N-dealkylation sites (N-methyl/N-ethyl adjacent to an activating group) is 1. The maximum absolute atomic E-state index is 10.3. The molecule has 1 atom stereocenters. The lowest BCUT2D eigenvalue weighted by atomic mass is 10.0. The molecule has 0 amide bonds. The van der Waals surface area contributed by atoms with Gasteiger partial charge in [-0.25, -0.2) is 0 Å². The van der Waals surface area contributed by atoms with E-state index in [4.69, 9.17) is 5.26 Å². The van der Waals surface area contributed by atoms with Crippen LogP contribution >= 0.6 is 0 Å². The van der Waals surface area contributed by atoms with Crippen LogP contribution in [-0.2, 0) is 0 Å². The summed E-state index contributed by atoms with van der Waals surface area (Å²) in [4.78, 5) is 4.75. The van der Waals surface area contributed by atoms with Gasteiger partial charge in [-0.05, 0) is 57.2 Å². The number of aliphatic hydroxyl groups is 1. The van der Waals surface area contributed by atoms with Gasteiger partial charge < -0.3 is 14.9 Å². The van der Waals surface area contributed by atoms with Crippen LogP contribution in [0.15, 0.2) is 24.3 Å². The quantitative estimate of drug-likeness (QED) is 0.900. The Kier molecular flexibility index (Phi) is 5.75. The van der Waals surface area contributed by atoms with Gasteiger partial charge in [-0.1, -0.05) is 19.1 Å². The maximum atomic E-state index is 10.3. The minimum Gasteiger partial charge on any atom is -0.387 e. The number of nitriles is 1. The van der Waals surface area contributed by atoms with E-state index in [1.54, 1.807) is 12.1 Å². The Balaban J connectivity index is 1.87. The number of hydrogen-bond donors (Lipinski definition) is 1. The summed E-state index contributed by atoms with van der Waals surface area (Å²) < 4.78 is 0. The molecule has 2 rings (SSSR count). The number of nitrogens with zero attached hydrogens (tertiary/aromatic N) is 3. The van der Waals surface area contributed by atoms with E-state index in [1.807, 2.05) is 12.1 Å². The van der Waals surface area contributed by atoms with Gasteiger partial charge in [0.05, 0.1) is 17.7 Å². The van der Waals surface area contributed by atoms with Crippen molar-refractivity contribution in [2.45, 2.75) is 31.9 Å². The first-order valence-corrected chi connectivity index (χ1v) is 7.74. The number of aliphatic hydroxyl groups excluding tert-OH is 1. The van der Waals surface area contributed by atoms with Gasteiger partial charge in [-0.2, -0.15) is 5.26 Å². The van der Waals surface area contributed by atoms with Gasteiger partial charge in [0.15, 0.2) is 0 Å². The third kappa shape index (κ3) is 4.28. The number of hydrogen-bond acceptors (Lipinski definition) is 4. The van der Waals surface area contributed by atoms with E-state index >= 15 is 0 Å². The molecule has 0 radical (unpaired) electrons. The molecule has 0 spiro atoms. The topological polar surface area (TPSA) is 50.5 Å². The van der Waals surface area contributed by atoms with Crippen molar-refractivity contribution in [2.75, 3.05) is 33.2 Å². The molecule has 21 heavy (non-hydrogen) atoms. The molecule has 1 fully saturated rings. The first kappa shape index (κ1) is 16.0. The molecule has 1 N–H and O–H groups in total. The zero-order valence-electron chi connectivity index (χ0n) is 13.0. The fourth-order valence-corrected chi connectivity index (χ4v) is 2.98. The van der Waals surface area contributed by atoms with Gasteiger partial charge in [0.1, 0.15) is 0 Å². The Morgan fingerprint density at radius 1 is 1.33 bits per heavy atom. The second-order valence-corrected chi connectivity index (χ2v) is 5.85. The van der Waals surface area contributed by atoms with Crippen LogP contribution in [0.4, 0.5) is 0 Å². The smallest absolute Gasteiger partial charge is 0.0991 e. The molecule has 1 aromatic rings. The van der Waals surface area contributed by atoms with Gasteiger partial charge in [0, 0.05) is 12.6 Å².